The zero-order valence-corrected chi connectivity index (χ0v) is 11.1. The van der Waals surface area contributed by atoms with Gasteiger partial charge in [0.25, 0.3) is 5.69 Å². The van der Waals surface area contributed by atoms with Crippen LogP contribution < -0.4 is 5.43 Å². The third-order valence-corrected chi connectivity index (χ3v) is 2.87. The molecule has 0 aliphatic rings. The van der Waals surface area contributed by atoms with Gasteiger partial charge in [-0.3, -0.25) is 15.5 Å². The number of nitro benzene ring substituents is 1. The van der Waals surface area contributed by atoms with E-state index in [2.05, 4.69) is 10.5 Å². The molecule has 2 aromatic carbocycles. The molecule has 1 atom stereocenters. The highest BCUT2D eigenvalue weighted by atomic mass is 16.6. The average Bonchev–Trinajstić information content (AvgIpc) is 2.48. The largest absolute Gasteiger partial charge is 0.279 e. The van der Waals surface area contributed by atoms with E-state index >= 15 is 0 Å². The lowest BCUT2D eigenvalue weighted by Gasteiger charge is -2.05. The van der Waals surface area contributed by atoms with Gasteiger partial charge in [-0.15, -0.1) is 0 Å². The lowest BCUT2D eigenvalue weighted by Crippen LogP contribution is -1.98. The Hall–Kier alpha value is -2.69. The number of benzene rings is 2. The first-order valence-corrected chi connectivity index (χ1v) is 6.25. The summed E-state index contributed by atoms with van der Waals surface area (Å²) in [6.07, 6.45) is 1.77. The topological polar surface area (TPSA) is 67.5 Å². The summed E-state index contributed by atoms with van der Waals surface area (Å²) in [5, 5.41) is 14.8. The summed E-state index contributed by atoms with van der Waals surface area (Å²) < 4.78 is 0. The maximum Gasteiger partial charge on any atom is 0.271 e. The van der Waals surface area contributed by atoms with Crippen LogP contribution >= 0.6 is 0 Å². The van der Waals surface area contributed by atoms with Crippen molar-refractivity contribution >= 4 is 17.6 Å². The van der Waals surface area contributed by atoms with Crippen LogP contribution in [0.5, 0.6) is 0 Å². The van der Waals surface area contributed by atoms with Crippen molar-refractivity contribution in [2.45, 2.75) is 12.8 Å². The van der Waals surface area contributed by atoms with E-state index in [0.29, 0.717) is 5.69 Å². The van der Waals surface area contributed by atoms with Gasteiger partial charge in [0, 0.05) is 24.3 Å². The number of nitrogens with zero attached hydrogens (tertiary/aromatic N) is 2. The summed E-state index contributed by atoms with van der Waals surface area (Å²) in [5.41, 5.74) is 4.61. The first-order valence-electron chi connectivity index (χ1n) is 6.25. The number of nitro groups is 1. The summed E-state index contributed by atoms with van der Waals surface area (Å²) in [4.78, 5) is 10.2. The van der Waals surface area contributed by atoms with E-state index in [1.807, 2.05) is 37.3 Å². The normalized spacial score (nSPS) is 12.2. The minimum atomic E-state index is -0.429. The minimum Gasteiger partial charge on any atom is -0.279 e. The Balaban J connectivity index is 2.00. The quantitative estimate of drug-likeness (QED) is 0.510. The van der Waals surface area contributed by atoms with Gasteiger partial charge in [0.15, 0.2) is 0 Å². The van der Waals surface area contributed by atoms with Crippen LogP contribution in [0.3, 0.4) is 0 Å². The number of rotatable bonds is 5. The standard InChI is InChI=1S/C15H15N3O2/c1-12(13-6-3-2-4-7-13)11-16-17-14-8-5-9-15(10-14)18(19)20/h2-12,17H,1H3/b16-11-/t12-/m0/s1. The maximum atomic E-state index is 10.7. The molecular weight excluding hydrogens is 254 g/mol. The fourth-order valence-corrected chi connectivity index (χ4v) is 1.76. The molecule has 0 radical (unpaired) electrons. The van der Waals surface area contributed by atoms with Gasteiger partial charge in [-0.05, 0) is 11.6 Å². The first kappa shape index (κ1) is 13.7. The van der Waals surface area contributed by atoms with Crippen LogP contribution in [0.2, 0.25) is 0 Å². The smallest absolute Gasteiger partial charge is 0.271 e. The molecule has 0 spiro atoms. The highest BCUT2D eigenvalue weighted by molar-refractivity contribution is 5.68. The van der Waals surface area contributed by atoms with Crippen molar-refractivity contribution in [3.8, 4) is 0 Å². The third kappa shape index (κ3) is 3.65. The Morgan fingerprint density at radius 1 is 1.20 bits per heavy atom. The molecular formula is C15H15N3O2. The van der Waals surface area contributed by atoms with Crippen molar-refractivity contribution in [3.05, 3.63) is 70.3 Å². The molecule has 0 fully saturated rings. The van der Waals surface area contributed by atoms with E-state index in [4.69, 9.17) is 0 Å². The lowest BCUT2D eigenvalue weighted by molar-refractivity contribution is -0.384. The van der Waals surface area contributed by atoms with E-state index < -0.39 is 4.92 Å². The monoisotopic (exact) mass is 269 g/mol. The highest BCUT2D eigenvalue weighted by Gasteiger charge is 2.05. The van der Waals surface area contributed by atoms with E-state index in [-0.39, 0.29) is 11.6 Å². The molecule has 20 heavy (non-hydrogen) atoms. The molecule has 2 aromatic rings. The molecule has 0 aliphatic carbocycles. The predicted octanol–water partition coefficient (Wildman–Crippen LogP) is 3.80. The predicted molar refractivity (Wildman–Crippen MR) is 80.1 cm³/mol. The molecule has 0 bridgehead atoms. The molecule has 0 heterocycles. The van der Waals surface area contributed by atoms with Gasteiger partial charge in [-0.25, -0.2) is 0 Å². The molecule has 0 amide bonds. The molecule has 5 nitrogen and oxygen atoms in total. The van der Waals surface area contributed by atoms with Crippen molar-refractivity contribution in [2.75, 3.05) is 5.43 Å². The summed E-state index contributed by atoms with van der Waals surface area (Å²) in [7, 11) is 0. The molecule has 0 unspecified atom stereocenters. The second-order valence-corrected chi connectivity index (χ2v) is 4.40. The molecule has 2 rings (SSSR count). The molecule has 102 valence electrons. The number of anilines is 1. The zero-order chi connectivity index (χ0) is 14.4. The Morgan fingerprint density at radius 3 is 2.65 bits per heavy atom. The van der Waals surface area contributed by atoms with Gasteiger partial charge < -0.3 is 0 Å². The Kier molecular flexibility index (Phi) is 4.44. The first-order chi connectivity index (χ1) is 9.66. The second-order valence-electron chi connectivity index (χ2n) is 4.40. The zero-order valence-electron chi connectivity index (χ0n) is 11.1. The third-order valence-electron chi connectivity index (χ3n) is 2.87. The minimum absolute atomic E-state index is 0.0429. The molecule has 1 N–H and O–H groups in total. The summed E-state index contributed by atoms with van der Waals surface area (Å²) in [5.74, 6) is 0.169. The molecule has 5 heteroatoms. The molecule has 0 saturated carbocycles. The van der Waals surface area contributed by atoms with Crippen LogP contribution in [0.4, 0.5) is 11.4 Å². The van der Waals surface area contributed by atoms with E-state index in [0.717, 1.165) is 5.56 Å². The lowest BCUT2D eigenvalue weighted by atomic mass is 10.0. The number of non-ortho nitro benzene ring substituents is 1. The molecule has 0 saturated heterocycles. The van der Waals surface area contributed by atoms with Gasteiger partial charge in [-0.1, -0.05) is 43.3 Å². The van der Waals surface area contributed by atoms with Crippen LogP contribution in [-0.4, -0.2) is 11.1 Å². The van der Waals surface area contributed by atoms with E-state index in [1.54, 1.807) is 18.3 Å². The van der Waals surface area contributed by atoms with Crippen molar-refractivity contribution in [1.82, 2.24) is 0 Å². The number of nitrogens with one attached hydrogen (secondary N) is 1. The average molecular weight is 269 g/mol. The van der Waals surface area contributed by atoms with E-state index in [1.165, 1.54) is 12.1 Å². The fraction of sp³-hybridized carbons (Fsp3) is 0.133. The van der Waals surface area contributed by atoms with Crippen molar-refractivity contribution < 1.29 is 4.92 Å². The summed E-state index contributed by atoms with van der Waals surface area (Å²) in [6, 6.07) is 16.2. The van der Waals surface area contributed by atoms with Crippen molar-refractivity contribution in [1.29, 1.82) is 0 Å². The summed E-state index contributed by atoms with van der Waals surface area (Å²) >= 11 is 0. The SMILES string of the molecule is C[C@@H](/C=N\Nc1cccc([N+](=O)[O-])c1)c1ccccc1. The maximum absolute atomic E-state index is 10.7. The van der Waals surface area contributed by atoms with Gasteiger partial charge in [0.05, 0.1) is 10.6 Å². The van der Waals surface area contributed by atoms with Crippen LogP contribution in [0.25, 0.3) is 0 Å². The Labute approximate surface area is 117 Å². The van der Waals surface area contributed by atoms with Gasteiger partial charge in [-0.2, -0.15) is 5.10 Å². The van der Waals surface area contributed by atoms with Crippen molar-refractivity contribution in [3.63, 3.8) is 0 Å². The van der Waals surface area contributed by atoms with Gasteiger partial charge in [0.2, 0.25) is 0 Å². The Bertz CT molecular complexity index is 612. The van der Waals surface area contributed by atoms with E-state index in [9.17, 15) is 10.1 Å². The van der Waals surface area contributed by atoms with Crippen LogP contribution in [-0.2, 0) is 0 Å². The molecule has 0 aromatic heterocycles. The number of hydrazone groups is 1. The number of hydrogen-bond acceptors (Lipinski definition) is 4. The fourth-order valence-electron chi connectivity index (χ4n) is 1.76. The van der Waals surface area contributed by atoms with Crippen LogP contribution in [0, 0.1) is 10.1 Å². The summed E-state index contributed by atoms with van der Waals surface area (Å²) in [6.45, 7) is 2.04. The number of hydrogen-bond donors (Lipinski definition) is 1. The second kappa shape index (κ2) is 6.47. The van der Waals surface area contributed by atoms with Gasteiger partial charge >= 0.3 is 0 Å². The van der Waals surface area contributed by atoms with Crippen LogP contribution in [0.1, 0.15) is 18.4 Å². The highest BCUT2D eigenvalue weighted by Crippen LogP contribution is 2.17. The molecule has 0 aliphatic heterocycles. The van der Waals surface area contributed by atoms with Gasteiger partial charge in [0.1, 0.15) is 0 Å². The van der Waals surface area contributed by atoms with Crippen LogP contribution in [0.15, 0.2) is 59.7 Å². The van der Waals surface area contributed by atoms with Crippen molar-refractivity contribution in [2.24, 2.45) is 5.10 Å². The Morgan fingerprint density at radius 2 is 1.95 bits per heavy atom.